The molecule has 0 atom stereocenters. The number of nitrogens with one attached hydrogen (secondary N) is 3. The van der Waals surface area contributed by atoms with Crippen molar-refractivity contribution in [2.45, 2.75) is 6.42 Å². The van der Waals surface area contributed by atoms with Crippen molar-refractivity contribution in [1.82, 2.24) is 9.55 Å². The molecular formula is C30H24N4O2. The van der Waals surface area contributed by atoms with Crippen molar-refractivity contribution in [2.24, 2.45) is 7.05 Å². The van der Waals surface area contributed by atoms with Crippen molar-refractivity contribution in [3.63, 3.8) is 0 Å². The van der Waals surface area contributed by atoms with Gasteiger partial charge in [0.2, 0.25) is 0 Å². The third-order valence-corrected chi connectivity index (χ3v) is 6.61. The third-order valence-electron chi connectivity index (χ3n) is 6.61. The number of carbonyl (C=O) groups excluding carboxylic acids is 2. The quantitative estimate of drug-likeness (QED) is 0.283. The monoisotopic (exact) mass is 472 g/mol. The fourth-order valence-corrected chi connectivity index (χ4v) is 4.68. The van der Waals surface area contributed by atoms with Gasteiger partial charge in [0.15, 0.2) is 0 Å². The van der Waals surface area contributed by atoms with Crippen molar-refractivity contribution in [3.8, 4) is 11.1 Å². The van der Waals surface area contributed by atoms with E-state index >= 15 is 0 Å². The van der Waals surface area contributed by atoms with Crippen molar-refractivity contribution >= 4 is 40.2 Å². The van der Waals surface area contributed by atoms with Crippen LogP contribution in [0.25, 0.3) is 28.1 Å². The number of nitrogens with zero attached hydrogens (tertiary/aromatic N) is 1. The molecule has 1 aliphatic rings. The lowest BCUT2D eigenvalue weighted by Gasteiger charge is -2.09. The standard InChI is InChI=1S/C30H24N4O2/c1-34-15-3-6-28(34)30(36)33-24-13-14-25-26(18-31-27(25)17-24)20-7-9-21(10-8-20)29(35)32-23-12-11-19-4-2-5-22(19)16-23/h2-4,6-18,31H,5H2,1H3,(H,32,35)(H,33,36). The largest absolute Gasteiger partial charge is 0.360 e. The van der Waals surface area contributed by atoms with E-state index in [1.807, 2.05) is 86.2 Å². The van der Waals surface area contributed by atoms with Crippen LogP contribution < -0.4 is 10.6 Å². The van der Waals surface area contributed by atoms with Crippen LogP contribution >= 0.6 is 0 Å². The minimum Gasteiger partial charge on any atom is -0.360 e. The molecule has 2 aromatic heterocycles. The number of aromatic amines is 1. The van der Waals surface area contributed by atoms with E-state index < -0.39 is 0 Å². The average Bonchev–Trinajstić information content (AvgIpc) is 3.63. The Morgan fingerprint density at radius 3 is 2.47 bits per heavy atom. The fourth-order valence-electron chi connectivity index (χ4n) is 4.68. The third kappa shape index (κ3) is 3.99. The number of carbonyl (C=O) groups is 2. The smallest absolute Gasteiger partial charge is 0.272 e. The van der Waals surface area contributed by atoms with Gasteiger partial charge in [0, 0.05) is 52.8 Å². The maximum Gasteiger partial charge on any atom is 0.272 e. The number of aryl methyl sites for hydroxylation is 1. The summed E-state index contributed by atoms with van der Waals surface area (Å²) in [5.41, 5.74) is 8.11. The number of fused-ring (bicyclic) bond motifs is 2. The first-order valence-electron chi connectivity index (χ1n) is 11.8. The second kappa shape index (κ2) is 8.74. The zero-order valence-electron chi connectivity index (χ0n) is 19.7. The van der Waals surface area contributed by atoms with Crippen LogP contribution in [0.4, 0.5) is 11.4 Å². The summed E-state index contributed by atoms with van der Waals surface area (Å²) in [6.07, 6.45) is 8.92. The van der Waals surface area contributed by atoms with Crippen LogP contribution in [-0.4, -0.2) is 21.4 Å². The molecule has 3 aromatic carbocycles. The van der Waals surface area contributed by atoms with Crippen LogP contribution in [0.2, 0.25) is 0 Å². The second-order valence-electron chi connectivity index (χ2n) is 8.97. The number of H-pyrrole nitrogens is 1. The molecule has 176 valence electrons. The van der Waals surface area contributed by atoms with E-state index in [9.17, 15) is 9.59 Å². The van der Waals surface area contributed by atoms with Crippen molar-refractivity contribution in [1.29, 1.82) is 0 Å². The van der Waals surface area contributed by atoms with Crippen LogP contribution in [0, 0.1) is 0 Å². The SMILES string of the molecule is Cn1cccc1C(=O)Nc1ccc2c(-c3ccc(C(=O)Nc4ccc5c(c4)CC=C5)cc3)c[nH]c2c1. The first-order chi connectivity index (χ1) is 17.5. The highest BCUT2D eigenvalue weighted by Crippen LogP contribution is 2.31. The Morgan fingerprint density at radius 1 is 0.889 bits per heavy atom. The summed E-state index contributed by atoms with van der Waals surface area (Å²) in [5, 5.41) is 6.99. The first-order valence-corrected chi connectivity index (χ1v) is 11.8. The summed E-state index contributed by atoms with van der Waals surface area (Å²) in [6, 6.07) is 23.0. The molecule has 0 saturated heterocycles. The lowest BCUT2D eigenvalue weighted by Crippen LogP contribution is -2.15. The topological polar surface area (TPSA) is 78.9 Å². The van der Waals surface area contributed by atoms with Crippen LogP contribution in [0.1, 0.15) is 32.0 Å². The average molecular weight is 473 g/mol. The van der Waals surface area contributed by atoms with Gasteiger partial charge in [0.25, 0.3) is 11.8 Å². The van der Waals surface area contributed by atoms with Gasteiger partial charge in [-0.3, -0.25) is 9.59 Å². The molecule has 0 spiro atoms. The lowest BCUT2D eigenvalue weighted by atomic mass is 10.0. The van der Waals surface area contributed by atoms with E-state index in [-0.39, 0.29) is 11.8 Å². The predicted molar refractivity (Wildman–Crippen MR) is 144 cm³/mol. The minimum absolute atomic E-state index is 0.134. The summed E-state index contributed by atoms with van der Waals surface area (Å²) >= 11 is 0. The van der Waals surface area contributed by atoms with Crippen molar-refractivity contribution in [2.75, 3.05) is 10.6 Å². The molecular weight excluding hydrogens is 448 g/mol. The van der Waals surface area contributed by atoms with E-state index in [1.165, 1.54) is 11.1 Å². The summed E-state index contributed by atoms with van der Waals surface area (Å²) < 4.78 is 1.79. The van der Waals surface area contributed by atoms with E-state index in [2.05, 4.69) is 27.8 Å². The van der Waals surface area contributed by atoms with Gasteiger partial charge in [-0.1, -0.05) is 36.4 Å². The van der Waals surface area contributed by atoms with Gasteiger partial charge in [-0.2, -0.15) is 0 Å². The maximum absolute atomic E-state index is 12.8. The number of hydrogen-bond donors (Lipinski definition) is 3. The zero-order valence-corrected chi connectivity index (χ0v) is 19.7. The Balaban J connectivity index is 1.18. The van der Waals surface area contributed by atoms with Gasteiger partial charge in [0.1, 0.15) is 5.69 Å². The molecule has 36 heavy (non-hydrogen) atoms. The molecule has 0 bridgehead atoms. The molecule has 0 radical (unpaired) electrons. The lowest BCUT2D eigenvalue weighted by molar-refractivity contribution is 0.101. The molecule has 0 saturated carbocycles. The molecule has 5 aromatic rings. The van der Waals surface area contributed by atoms with Gasteiger partial charge in [-0.15, -0.1) is 0 Å². The van der Waals surface area contributed by atoms with E-state index in [0.29, 0.717) is 11.3 Å². The molecule has 2 heterocycles. The fraction of sp³-hybridized carbons (Fsp3) is 0.0667. The number of benzene rings is 3. The van der Waals surface area contributed by atoms with Gasteiger partial charge >= 0.3 is 0 Å². The molecule has 6 nitrogen and oxygen atoms in total. The Hall–Kier alpha value is -4.84. The van der Waals surface area contributed by atoms with Crippen LogP contribution in [0.15, 0.2) is 91.3 Å². The molecule has 6 rings (SSSR count). The van der Waals surface area contributed by atoms with Gasteiger partial charge < -0.3 is 20.2 Å². The molecule has 0 fully saturated rings. The van der Waals surface area contributed by atoms with E-state index in [0.717, 1.165) is 39.8 Å². The molecule has 0 unspecified atom stereocenters. The Morgan fingerprint density at radius 2 is 1.67 bits per heavy atom. The van der Waals surface area contributed by atoms with Gasteiger partial charge in [0.05, 0.1) is 0 Å². The highest BCUT2D eigenvalue weighted by Gasteiger charge is 2.13. The van der Waals surface area contributed by atoms with Crippen LogP contribution in [0.5, 0.6) is 0 Å². The molecule has 1 aliphatic carbocycles. The maximum atomic E-state index is 12.8. The Kier molecular flexibility index (Phi) is 5.26. The number of hydrogen-bond acceptors (Lipinski definition) is 2. The van der Waals surface area contributed by atoms with Crippen molar-refractivity contribution in [3.05, 3.63) is 114 Å². The molecule has 3 N–H and O–H groups in total. The predicted octanol–water partition coefficient (Wildman–Crippen LogP) is 6.25. The number of rotatable bonds is 5. The summed E-state index contributed by atoms with van der Waals surface area (Å²) in [5.74, 6) is -0.288. The highest BCUT2D eigenvalue weighted by molar-refractivity contribution is 6.06. The van der Waals surface area contributed by atoms with Crippen LogP contribution in [-0.2, 0) is 13.5 Å². The van der Waals surface area contributed by atoms with E-state index in [1.54, 1.807) is 10.6 Å². The first kappa shape index (κ1) is 21.7. The Labute approximate surface area is 208 Å². The van der Waals surface area contributed by atoms with Gasteiger partial charge in [-0.25, -0.2) is 0 Å². The molecule has 0 aliphatic heterocycles. The van der Waals surface area contributed by atoms with Crippen molar-refractivity contribution < 1.29 is 9.59 Å². The Bertz CT molecular complexity index is 1650. The second-order valence-corrected chi connectivity index (χ2v) is 8.97. The summed E-state index contributed by atoms with van der Waals surface area (Å²) in [7, 11) is 1.84. The van der Waals surface area contributed by atoms with Gasteiger partial charge in [-0.05, 0) is 71.6 Å². The summed E-state index contributed by atoms with van der Waals surface area (Å²) in [6.45, 7) is 0. The number of anilines is 2. The number of allylic oxidation sites excluding steroid dienone is 1. The number of aromatic nitrogens is 2. The molecule has 2 amide bonds. The highest BCUT2D eigenvalue weighted by atomic mass is 16.2. The number of amides is 2. The summed E-state index contributed by atoms with van der Waals surface area (Å²) in [4.78, 5) is 28.6. The molecule has 6 heteroatoms. The van der Waals surface area contributed by atoms with Crippen LogP contribution in [0.3, 0.4) is 0 Å². The van der Waals surface area contributed by atoms with E-state index in [4.69, 9.17) is 0 Å². The zero-order chi connectivity index (χ0) is 24.6. The minimum atomic E-state index is -0.154. The normalized spacial score (nSPS) is 12.0.